The van der Waals surface area contributed by atoms with Crippen molar-refractivity contribution in [1.29, 1.82) is 5.26 Å². The van der Waals surface area contributed by atoms with Gasteiger partial charge in [-0.25, -0.2) is 9.67 Å². The van der Waals surface area contributed by atoms with E-state index in [1.807, 2.05) is 6.07 Å². The fourth-order valence-corrected chi connectivity index (χ4v) is 1.88. The average molecular weight is 322 g/mol. The second-order valence-electron chi connectivity index (χ2n) is 3.83. The molecule has 0 aromatic carbocycles. The van der Waals surface area contributed by atoms with Crippen molar-refractivity contribution < 1.29 is 4.92 Å². The van der Waals surface area contributed by atoms with Crippen LogP contribution >= 0.6 is 15.9 Å². The third-order valence-corrected chi connectivity index (χ3v) is 3.72. The Morgan fingerprint density at radius 3 is 2.68 bits per heavy atom. The number of pyridine rings is 1. The number of halogens is 1. The van der Waals surface area contributed by atoms with Crippen molar-refractivity contribution in [2.24, 2.45) is 0 Å². The molecule has 2 aromatic rings. The van der Waals surface area contributed by atoms with Crippen molar-refractivity contribution in [3.8, 4) is 11.9 Å². The number of hydrogen-bond donors (Lipinski definition) is 0. The van der Waals surface area contributed by atoms with Gasteiger partial charge in [0.15, 0.2) is 0 Å². The van der Waals surface area contributed by atoms with Crippen LogP contribution in [0.5, 0.6) is 0 Å². The molecule has 8 heteroatoms. The van der Waals surface area contributed by atoms with E-state index in [1.165, 1.54) is 16.9 Å². The predicted octanol–water partition coefficient (Wildman–Crippen LogP) is 2.43. The summed E-state index contributed by atoms with van der Waals surface area (Å²) in [7, 11) is 0. The van der Waals surface area contributed by atoms with Gasteiger partial charge in [0.1, 0.15) is 6.07 Å². The van der Waals surface area contributed by atoms with Gasteiger partial charge < -0.3 is 0 Å². The van der Waals surface area contributed by atoms with Gasteiger partial charge in [0.2, 0.25) is 5.82 Å². The normalized spacial score (nSPS) is 10.2. The molecule has 0 saturated carbocycles. The molecule has 0 radical (unpaired) electrons. The molecule has 0 unspecified atom stereocenters. The fraction of sp³-hybridized carbons (Fsp3) is 0.182. The van der Waals surface area contributed by atoms with E-state index >= 15 is 0 Å². The van der Waals surface area contributed by atoms with Crippen LogP contribution in [-0.4, -0.2) is 19.7 Å². The number of hydrogen-bond acceptors (Lipinski definition) is 5. The Kier molecular flexibility index (Phi) is 3.31. The van der Waals surface area contributed by atoms with Gasteiger partial charge in [-0.05, 0) is 29.8 Å². The number of aromatic nitrogens is 3. The summed E-state index contributed by atoms with van der Waals surface area (Å²) in [6, 6.07) is 3.01. The average Bonchev–Trinajstić information content (AvgIpc) is 2.65. The summed E-state index contributed by atoms with van der Waals surface area (Å²) >= 11 is 3.35. The molecule has 96 valence electrons. The molecular weight excluding hydrogens is 314 g/mol. The Balaban J connectivity index is 2.72. The van der Waals surface area contributed by atoms with E-state index in [0.717, 1.165) is 4.47 Å². The van der Waals surface area contributed by atoms with Crippen molar-refractivity contribution in [3.63, 3.8) is 0 Å². The topological polar surface area (TPSA) is 97.6 Å². The molecule has 0 aliphatic rings. The third-order valence-electron chi connectivity index (χ3n) is 2.58. The predicted molar refractivity (Wildman–Crippen MR) is 69.9 cm³/mol. The lowest BCUT2D eigenvalue weighted by Gasteiger charge is -2.04. The first-order valence-electron chi connectivity index (χ1n) is 5.22. The highest BCUT2D eigenvalue weighted by atomic mass is 79.9. The first kappa shape index (κ1) is 13.2. The quantitative estimate of drug-likeness (QED) is 0.625. The molecule has 2 aromatic heterocycles. The van der Waals surface area contributed by atoms with E-state index in [-0.39, 0.29) is 17.1 Å². The molecular formula is C11H8BrN5O2. The van der Waals surface area contributed by atoms with Gasteiger partial charge >= 0.3 is 5.69 Å². The molecule has 0 spiro atoms. The van der Waals surface area contributed by atoms with E-state index in [0.29, 0.717) is 11.4 Å². The highest BCUT2D eigenvalue weighted by molar-refractivity contribution is 9.10. The highest BCUT2D eigenvalue weighted by Crippen LogP contribution is 2.27. The number of nitriles is 1. The molecule has 0 amide bonds. The van der Waals surface area contributed by atoms with E-state index in [1.54, 1.807) is 13.8 Å². The van der Waals surface area contributed by atoms with Crippen molar-refractivity contribution >= 4 is 21.6 Å². The largest absolute Gasteiger partial charge is 0.315 e. The van der Waals surface area contributed by atoms with Gasteiger partial charge in [-0.1, -0.05) is 0 Å². The Bertz CT molecular complexity index is 717. The van der Waals surface area contributed by atoms with Crippen LogP contribution in [0.1, 0.15) is 17.0 Å². The van der Waals surface area contributed by atoms with E-state index in [2.05, 4.69) is 26.0 Å². The Morgan fingerprint density at radius 1 is 1.53 bits per heavy atom. The van der Waals surface area contributed by atoms with Gasteiger partial charge in [-0.3, -0.25) is 10.1 Å². The Morgan fingerprint density at radius 2 is 2.21 bits per heavy atom. The maximum absolute atomic E-state index is 11.1. The SMILES string of the molecule is Cc1nn(-c2ncc(C#N)cc2[N+](=O)[O-])c(C)c1Br. The third kappa shape index (κ3) is 2.20. The van der Waals surface area contributed by atoms with Crippen LogP contribution in [0.3, 0.4) is 0 Å². The molecule has 2 rings (SSSR count). The highest BCUT2D eigenvalue weighted by Gasteiger charge is 2.22. The molecule has 0 atom stereocenters. The molecule has 0 N–H and O–H groups in total. The minimum absolute atomic E-state index is 0.0929. The zero-order valence-electron chi connectivity index (χ0n) is 10.1. The van der Waals surface area contributed by atoms with Crippen LogP contribution in [0, 0.1) is 35.3 Å². The van der Waals surface area contributed by atoms with Crippen molar-refractivity contribution in [2.45, 2.75) is 13.8 Å². The summed E-state index contributed by atoms with van der Waals surface area (Å²) in [4.78, 5) is 14.5. The van der Waals surface area contributed by atoms with Crippen LogP contribution in [0.15, 0.2) is 16.7 Å². The van der Waals surface area contributed by atoms with Crippen molar-refractivity contribution in [1.82, 2.24) is 14.8 Å². The maximum atomic E-state index is 11.1. The lowest BCUT2D eigenvalue weighted by molar-refractivity contribution is -0.385. The standard InChI is InChI=1S/C11H8BrN5O2/c1-6-10(12)7(2)16(15-6)11-9(17(18)19)3-8(4-13)5-14-11/h3,5H,1-2H3. The van der Waals surface area contributed by atoms with E-state index in [9.17, 15) is 10.1 Å². The van der Waals surface area contributed by atoms with Gasteiger partial charge in [-0.2, -0.15) is 10.4 Å². The van der Waals surface area contributed by atoms with Crippen molar-refractivity contribution in [3.05, 3.63) is 43.8 Å². The van der Waals surface area contributed by atoms with Gasteiger partial charge in [0.05, 0.1) is 26.3 Å². The summed E-state index contributed by atoms with van der Waals surface area (Å²) in [5.74, 6) is 0.0929. The Hall–Kier alpha value is -2.27. The van der Waals surface area contributed by atoms with Gasteiger partial charge in [0, 0.05) is 12.3 Å². The summed E-state index contributed by atoms with van der Waals surface area (Å²) in [6.07, 6.45) is 1.28. The molecule has 7 nitrogen and oxygen atoms in total. The second-order valence-corrected chi connectivity index (χ2v) is 4.63. The lowest BCUT2D eigenvalue weighted by atomic mass is 10.2. The summed E-state index contributed by atoms with van der Waals surface area (Å²) in [6.45, 7) is 3.55. The zero-order chi connectivity index (χ0) is 14.2. The number of rotatable bonds is 2. The van der Waals surface area contributed by atoms with Crippen LogP contribution in [0.4, 0.5) is 5.69 Å². The molecule has 0 bridgehead atoms. The molecule has 0 saturated heterocycles. The lowest BCUT2D eigenvalue weighted by Crippen LogP contribution is -2.06. The van der Waals surface area contributed by atoms with Crippen LogP contribution < -0.4 is 0 Å². The fourth-order valence-electron chi connectivity index (χ4n) is 1.63. The first-order chi connectivity index (χ1) is 8.95. The van der Waals surface area contributed by atoms with E-state index in [4.69, 9.17) is 5.26 Å². The minimum atomic E-state index is -0.576. The molecule has 0 fully saturated rings. The van der Waals surface area contributed by atoms with Crippen LogP contribution in [-0.2, 0) is 0 Å². The van der Waals surface area contributed by atoms with E-state index < -0.39 is 4.92 Å². The van der Waals surface area contributed by atoms with Gasteiger partial charge in [-0.15, -0.1) is 0 Å². The second kappa shape index (κ2) is 4.78. The van der Waals surface area contributed by atoms with Crippen molar-refractivity contribution in [2.75, 3.05) is 0 Å². The summed E-state index contributed by atoms with van der Waals surface area (Å²) in [5, 5.41) is 24.0. The number of nitrogens with zero attached hydrogens (tertiary/aromatic N) is 5. The van der Waals surface area contributed by atoms with Gasteiger partial charge in [0.25, 0.3) is 0 Å². The Labute approximate surface area is 116 Å². The van der Waals surface area contributed by atoms with Crippen LogP contribution in [0.25, 0.3) is 5.82 Å². The zero-order valence-corrected chi connectivity index (χ0v) is 11.7. The summed E-state index contributed by atoms with van der Waals surface area (Å²) < 4.78 is 2.16. The summed E-state index contributed by atoms with van der Waals surface area (Å²) in [5.41, 5.74) is 1.30. The molecule has 19 heavy (non-hydrogen) atoms. The van der Waals surface area contributed by atoms with Crippen LogP contribution in [0.2, 0.25) is 0 Å². The molecule has 2 heterocycles. The maximum Gasteiger partial charge on any atom is 0.315 e. The smallest absolute Gasteiger partial charge is 0.258 e. The number of nitro groups is 1. The first-order valence-corrected chi connectivity index (χ1v) is 6.01. The monoisotopic (exact) mass is 321 g/mol. The minimum Gasteiger partial charge on any atom is -0.258 e. The molecule has 0 aliphatic heterocycles. The molecule has 0 aliphatic carbocycles. The number of aryl methyl sites for hydroxylation is 1.